The average molecular weight is 371 g/mol. The van der Waals surface area contributed by atoms with Crippen molar-refractivity contribution in [3.63, 3.8) is 0 Å². The normalized spacial score (nSPS) is 22.6. The smallest absolute Gasteiger partial charge is 0.243 e. The van der Waals surface area contributed by atoms with Gasteiger partial charge in [-0.05, 0) is 24.3 Å². The molecule has 0 saturated carbocycles. The molecule has 3 rings (SSSR count). The van der Waals surface area contributed by atoms with Crippen LogP contribution in [0.25, 0.3) is 0 Å². The Morgan fingerprint density at radius 2 is 2.04 bits per heavy atom. The maximum Gasteiger partial charge on any atom is 0.243 e. The fourth-order valence-electron chi connectivity index (χ4n) is 3.54. The molecule has 0 bridgehead atoms. The molecule has 2 aliphatic heterocycles. The summed E-state index contributed by atoms with van der Waals surface area (Å²) in [5, 5.41) is 8.99. The zero-order chi connectivity index (χ0) is 19.2. The lowest BCUT2D eigenvalue weighted by Crippen LogP contribution is -2.43. The van der Waals surface area contributed by atoms with E-state index in [1.807, 2.05) is 30.3 Å². The highest BCUT2D eigenvalue weighted by atomic mass is 16.5. The molecular formula is C21H29N3O3. The zero-order valence-electron chi connectivity index (χ0n) is 16.2. The molecule has 1 saturated heterocycles. The molecular weight excluding hydrogens is 342 g/mol. The molecule has 1 aromatic carbocycles. The van der Waals surface area contributed by atoms with Gasteiger partial charge in [0.25, 0.3) is 0 Å². The Morgan fingerprint density at radius 3 is 2.78 bits per heavy atom. The van der Waals surface area contributed by atoms with Crippen LogP contribution in [0.2, 0.25) is 0 Å². The SMILES string of the molecule is CC(C)[C@@H]1C[C@@H](NC(=O)CCC(=O)N2CCC(c3ccccc3)=N2)CCO1. The molecule has 2 aliphatic rings. The summed E-state index contributed by atoms with van der Waals surface area (Å²) in [6.45, 7) is 5.53. The second kappa shape index (κ2) is 9.13. The maximum atomic E-state index is 12.4. The predicted octanol–water partition coefficient (Wildman–Crippen LogP) is 2.72. The van der Waals surface area contributed by atoms with Crippen LogP contribution < -0.4 is 5.32 Å². The minimum absolute atomic E-state index is 0.0655. The van der Waals surface area contributed by atoms with Gasteiger partial charge in [-0.15, -0.1) is 0 Å². The number of nitrogens with one attached hydrogen (secondary N) is 1. The van der Waals surface area contributed by atoms with E-state index < -0.39 is 0 Å². The van der Waals surface area contributed by atoms with E-state index in [0.717, 1.165) is 30.5 Å². The number of nitrogens with zero attached hydrogens (tertiary/aromatic N) is 2. The molecule has 1 fully saturated rings. The van der Waals surface area contributed by atoms with Gasteiger partial charge in [-0.25, -0.2) is 5.01 Å². The van der Waals surface area contributed by atoms with Crippen LogP contribution in [0.5, 0.6) is 0 Å². The van der Waals surface area contributed by atoms with Crippen molar-refractivity contribution in [3.05, 3.63) is 35.9 Å². The molecule has 6 nitrogen and oxygen atoms in total. The quantitative estimate of drug-likeness (QED) is 0.836. The Labute approximate surface area is 161 Å². The van der Waals surface area contributed by atoms with Crippen LogP contribution in [0, 0.1) is 5.92 Å². The zero-order valence-corrected chi connectivity index (χ0v) is 16.2. The summed E-state index contributed by atoms with van der Waals surface area (Å²) >= 11 is 0. The Balaban J connectivity index is 1.44. The molecule has 146 valence electrons. The Kier molecular flexibility index (Phi) is 6.61. The predicted molar refractivity (Wildman–Crippen MR) is 104 cm³/mol. The second-order valence-corrected chi connectivity index (χ2v) is 7.62. The van der Waals surface area contributed by atoms with E-state index in [2.05, 4.69) is 24.3 Å². The molecule has 2 amide bonds. The molecule has 0 spiro atoms. The highest BCUT2D eigenvalue weighted by Crippen LogP contribution is 2.20. The van der Waals surface area contributed by atoms with Crippen molar-refractivity contribution in [3.8, 4) is 0 Å². The molecule has 27 heavy (non-hydrogen) atoms. The summed E-state index contributed by atoms with van der Waals surface area (Å²) in [5.74, 6) is 0.283. The van der Waals surface area contributed by atoms with Crippen molar-refractivity contribution in [2.45, 2.75) is 58.1 Å². The minimum Gasteiger partial charge on any atom is -0.378 e. The van der Waals surface area contributed by atoms with Gasteiger partial charge in [-0.1, -0.05) is 44.2 Å². The lowest BCUT2D eigenvalue weighted by molar-refractivity contribution is -0.133. The molecule has 0 aliphatic carbocycles. The van der Waals surface area contributed by atoms with Crippen LogP contribution in [-0.2, 0) is 14.3 Å². The number of hydrogen-bond acceptors (Lipinski definition) is 4. The number of ether oxygens (including phenoxy) is 1. The molecule has 2 heterocycles. The molecule has 2 atom stereocenters. The first-order chi connectivity index (χ1) is 13.0. The van der Waals surface area contributed by atoms with Gasteiger partial charge in [0.2, 0.25) is 11.8 Å². The first kappa shape index (κ1) is 19.5. The summed E-state index contributed by atoms with van der Waals surface area (Å²) in [6.07, 6.45) is 3.01. The molecule has 6 heteroatoms. The van der Waals surface area contributed by atoms with Gasteiger partial charge in [-0.2, -0.15) is 5.10 Å². The molecule has 1 N–H and O–H groups in total. The first-order valence-electron chi connectivity index (χ1n) is 9.87. The summed E-state index contributed by atoms with van der Waals surface area (Å²) in [5.41, 5.74) is 1.97. The number of rotatable bonds is 6. The molecule has 1 aromatic rings. The maximum absolute atomic E-state index is 12.4. The van der Waals surface area contributed by atoms with E-state index >= 15 is 0 Å². The second-order valence-electron chi connectivity index (χ2n) is 7.62. The van der Waals surface area contributed by atoms with E-state index in [9.17, 15) is 9.59 Å². The number of hydrazone groups is 1. The van der Waals surface area contributed by atoms with E-state index in [1.165, 1.54) is 5.01 Å². The summed E-state index contributed by atoms with van der Waals surface area (Å²) in [4.78, 5) is 24.6. The van der Waals surface area contributed by atoms with Gasteiger partial charge in [0, 0.05) is 31.9 Å². The molecule has 0 unspecified atom stereocenters. The van der Waals surface area contributed by atoms with Crippen LogP contribution in [0.15, 0.2) is 35.4 Å². The Bertz CT molecular complexity index is 687. The largest absolute Gasteiger partial charge is 0.378 e. The van der Waals surface area contributed by atoms with Crippen LogP contribution in [0.1, 0.15) is 51.5 Å². The number of carbonyl (C=O) groups excluding carboxylic acids is 2. The first-order valence-corrected chi connectivity index (χ1v) is 9.87. The fourth-order valence-corrected chi connectivity index (χ4v) is 3.54. The Hall–Kier alpha value is -2.21. The van der Waals surface area contributed by atoms with Crippen molar-refractivity contribution in [2.24, 2.45) is 11.0 Å². The van der Waals surface area contributed by atoms with Gasteiger partial charge in [0.05, 0.1) is 18.4 Å². The number of amides is 2. The van der Waals surface area contributed by atoms with Gasteiger partial charge in [0.15, 0.2) is 0 Å². The van der Waals surface area contributed by atoms with Gasteiger partial charge >= 0.3 is 0 Å². The highest BCUT2D eigenvalue weighted by Gasteiger charge is 2.26. The van der Waals surface area contributed by atoms with E-state index in [1.54, 1.807) is 0 Å². The van der Waals surface area contributed by atoms with Gasteiger partial charge in [0.1, 0.15) is 0 Å². The lowest BCUT2D eigenvalue weighted by atomic mass is 9.95. The van der Waals surface area contributed by atoms with E-state index in [-0.39, 0.29) is 36.8 Å². The molecule has 0 radical (unpaired) electrons. The van der Waals surface area contributed by atoms with Crippen LogP contribution in [0.3, 0.4) is 0 Å². The topological polar surface area (TPSA) is 71.0 Å². The summed E-state index contributed by atoms with van der Waals surface area (Å²) < 4.78 is 5.74. The van der Waals surface area contributed by atoms with Crippen molar-refractivity contribution >= 4 is 17.5 Å². The lowest BCUT2D eigenvalue weighted by Gasteiger charge is -2.32. The average Bonchev–Trinajstić information content (AvgIpc) is 3.17. The van der Waals surface area contributed by atoms with Gasteiger partial charge in [-0.3, -0.25) is 9.59 Å². The standard InChI is InChI=1S/C21H29N3O3/c1-15(2)19-14-17(11-13-27-19)22-20(25)8-9-21(26)24-12-10-18(23-24)16-6-4-3-5-7-16/h3-7,15,17,19H,8-14H2,1-2H3,(H,22,25)/t17-,19-/m0/s1. The van der Waals surface area contributed by atoms with Crippen molar-refractivity contribution in [2.75, 3.05) is 13.2 Å². The Morgan fingerprint density at radius 1 is 1.26 bits per heavy atom. The van der Waals surface area contributed by atoms with Crippen molar-refractivity contribution < 1.29 is 14.3 Å². The number of hydrogen-bond donors (Lipinski definition) is 1. The number of carbonyl (C=O) groups is 2. The van der Waals surface area contributed by atoms with E-state index in [4.69, 9.17) is 4.74 Å². The third-order valence-electron chi connectivity index (χ3n) is 5.19. The van der Waals surface area contributed by atoms with Crippen LogP contribution in [-0.4, -0.2) is 47.8 Å². The molecule has 0 aromatic heterocycles. The summed E-state index contributed by atoms with van der Waals surface area (Å²) in [7, 11) is 0. The van der Waals surface area contributed by atoms with Gasteiger partial charge < -0.3 is 10.1 Å². The van der Waals surface area contributed by atoms with E-state index in [0.29, 0.717) is 19.1 Å². The highest BCUT2D eigenvalue weighted by molar-refractivity contribution is 6.02. The summed E-state index contributed by atoms with van der Waals surface area (Å²) in [6, 6.07) is 10.0. The van der Waals surface area contributed by atoms with Crippen molar-refractivity contribution in [1.82, 2.24) is 10.3 Å². The fraction of sp³-hybridized carbons (Fsp3) is 0.571. The third kappa shape index (κ3) is 5.39. The van der Waals surface area contributed by atoms with Crippen LogP contribution in [0.4, 0.5) is 0 Å². The van der Waals surface area contributed by atoms with Crippen LogP contribution >= 0.6 is 0 Å². The van der Waals surface area contributed by atoms with Crippen molar-refractivity contribution in [1.29, 1.82) is 0 Å². The third-order valence-corrected chi connectivity index (χ3v) is 5.19. The minimum atomic E-state index is -0.0943. The monoisotopic (exact) mass is 371 g/mol. The number of benzene rings is 1.